The number of halogens is 3. The minimum Gasteiger partial charge on any atom is -0.329 e. The molecule has 1 atom stereocenters. The molecule has 0 spiro atoms. The summed E-state index contributed by atoms with van der Waals surface area (Å²) in [5.74, 6) is 0. The summed E-state index contributed by atoms with van der Waals surface area (Å²) in [6.07, 6.45) is -4.30. The Labute approximate surface area is 86.3 Å². The van der Waals surface area contributed by atoms with Crippen molar-refractivity contribution in [3.8, 4) is 0 Å². The molecule has 0 aliphatic rings. The van der Waals surface area contributed by atoms with Gasteiger partial charge in [0.1, 0.15) is 0 Å². The normalized spacial score (nSPS) is 13.9. The van der Waals surface area contributed by atoms with E-state index in [9.17, 15) is 13.2 Å². The van der Waals surface area contributed by atoms with Crippen molar-refractivity contribution < 1.29 is 13.2 Å². The van der Waals surface area contributed by atoms with Gasteiger partial charge in [0.05, 0.1) is 5.56 Å². The van der Waals surface area contributed by atoms with E-state index in [1.54, 1.807) is 13.1 Å². The second-order valence-corrected chi connectivity index (χ2v) is 3.20. The van der Waals surface area contributed by atoms with E-state index < -0.39 is 11.7 Å². The first-order valence-corrected chi connectivity index (χ1v) is 4.53. The van der Waals surface area contributed by atoms with Crippen molar-refractivity contribution in [3.05, 3.63) is 35.4 Å². The van der Waals surface area contributed by atoms with Gasteiger partial charge >= 0.3 is 6.18 Å². The van der Waals surface area contributed by atoms with Crippen molar-refractivity contribution in [2.24, 2.45) is 5.73 Å². The largest absolute Gasteiger partial charge is 0.416 e. The minimum atomic E-state index is -4.30. The van der Waals surface area contributed by atoms with Gasteiger partial charge in [-0.15, -0.1) is 0 Å². The van der Waals surface area contributed by atoms with Crippen LogP contribution in [0.1, 0.15) is 17.2 Å². The van der Waals surface area contributed by atoms with Gasteiger partial charge in [-0.3, -0.25) is 0 Å². The van der Waals surface area contributed by atoms with Gasteiger partial charge in [0, 0.05) is 12.6 Å². The first-order valence-electron chi connectivity index (χ1n) is 4.53. The lowest BCUT2D eigenvalue weighted by Crippen LogP contribution is -2.25. The molecule has 3 N–H and O–H groups in total. The molecule has 0 saturated heterocycles. The van der Waals surface area contributed by atoms with Crippen molar-refractivity contribution in [1.82, 2.24) is 5.32 Å². The summed E-state index contributed by atoms with van der Waals surface area (Å²) < 4.78 is 37.2. The van der Waals surface area contributed by atoms with E-state index in [2.05, 4.69) is 5.32 Å². The fraction of sp³-hybridized carbons (Fsp3) is 0.400. The fourth-order valence-electron chi connectivity index (χ4n) is 1.35. The number of alkyl halides is 3. The molecule has 1 aromatic rings. The zero-order valence-electron chi connectivity index (χ0n) is 8.31. The Bertz CT molecular complexity index is 319. The Hall–Kier alpha value is -1.07. The van der Waals surface area contributed by atoms with Gasteiger partial charge in [-0.25, -0.2) is 0 Å². The molecule has 0 aromatic heterocycles. The highest BCUT2D eigenvalue weighted by atomic mass is 19.4. The van der Waals surface area contributed by atoms with Crippen LogP contribution >= 0.6 is 0 Å². The summed E-state index contributed by atoms with van der Waals surface area (Å²) in [6, 6.07) is 4.94. The van der Waals surface area contributed by atoms with E-state index >= 15 is 0 Å². The van der Waals surface area contributed by atoms with E-state index in [4.69, 9.17) is 5.73 Å². The third kappa shape index (κ3) is 2.94. The van der Waals surface area contributed by atoms with Crippen LogP contribution in [-0.4, -0.2) is 13.6 Å². The predicted octanol–water partition coefficient (Wildman–Crippen LogP) is 1.92. The van der Waals surface area contributed by atoms with Gasteiger partial charge in [-0.2, -0.15) is 13.2 Å². The third-order valence-corrected chi connectivity index (χ3v) is 2.20. The lowest BCUT2D eigenvalue weighted by molar-refractivity contribution is -0.137. The van der Waals surface area contributed by atoms with E-state index in [1.165, 1.54) is 6.07 Å². The molecule has 15 heavy (non-hydrogen) atoms. The predicted molar refractivity (Wildman–Crippen MR) is 52.3 cm³/mol. The van der Waals surface area contributed by atoms with Gasteiger partial charge in [0.25, 0.3) is 0 Å². The SMILES string of the molecule is CNC(CN)c1cccc(C(F)(F)F)c1. The monoisotopic (exact) mass is 218 g/mol. The number of nitrogens with two attached hydrogens (primary N) is 1. The summed E-state index contributed by atoms with van der Waals surface area (Å²) in [7, 11) is 1.66. The van der Waals surface area contributed by atoms with Crippen LogP contribution in [0.25, 0.3) is 0 Å². The maximum atomic E-state index is 12.4. The molecule has 0 radical (unpaired) electrons. The average molecular weight is 218 g/mol. The van der Waals surface area contributed by atoms with Crippen LogP contribution in [0.15, 0.2) is 24.3 Å². The zero-order chi connectivity index (χ0) is 11.5. The topological polar surface area (TPSA) is 38.0 Å². The first kappa shape index (κ1) is 12.0. The quantitative estimate of drug-likeness (QED) is 0.813. The number of benzene rings is 1. The molecule has 0 saturated carbocycles. The van der Waals surface area contributed by atoms with E-state index in [0.29, 0.717) is 5.56 Å². The number of nitrogens with one attached hydrogen (secondary N) is 1. The molecule has 84 valence electrons. The lowest BCUT2D eigenvalue weighted by Gasteiger charge is -2.16. The molecule has 1 rings (SSSR count). The highest BCUT2D eigenvalue weighted by Crippen LogP contribution is 2.30. The Kier molecular flexibility index (Phi) is 3.71. The molecule has 2 nitrogen and oxygen atoms in total. The highest BCUT2D eigenvalue weighted by molar-refractivity contribution is 5.28. The number of likely N-dealkylation sites (N-methyl/N-ethyl adjacent to an activating group) is 1. The molecule has 5 heteroatoms. The Balaban J connectivity index is 3.02. The van der Waals surface area contributed by atoms with E-state index in [0.717, 1.165) is 12.1 Å². The molecular weight excluding hydrogens is 205 g/mol. The number of hydrogen-bond donors (Lipinski definition) is 2. The molecular formula is C10H13F3N2. The maximum absolute atomic E-state index is 12.4. The first-order chi connectivity index (χ1) is 6.99. The highest BCUT2D eigenvalue weighted by Gasteiger charge is 2.30. The standard InChI is InChI=1S/C10H13F3N2/c1-15-9(6-14)7-3-2-4-8(5-7)10(11,12)13/h2-5,9,15H,6,14H2,1H3. The second-order valence-electron chi connectivity index (χ2n) is 3.20. The van der Waals surface area contributed by atoms with Crippen LogP contribution in [0.3, 0.4) is 0 Å². The Morgan fingerprint density at radius 3 is 2.53 bits per heavy atom. The molecule has 0 heterocycles. The lowest BCUT2D eigenvalue weighted by atomic mass is 10.0. The molecule has 0 fully saturated rings. The van der Waals surface area contributed by atoms with Gasteiger partial charge in [-0.05, 0) is 24.7 Å². The fourth-order valence-corrected chi connectivity index (χ4v) is 1.35. The summed E-state index contributed by atoms with van der Waals surface area (Å²) in [5.41, 5.74) is 5.34. The van der Waals surface area contributed by atoms with Crippen molar-refractivity contribution >= 4 is 0 Å². The molecule has 1 unspecified atom stereocenters. The van der Waals surface area contributed by atoms with Gasteiger partial charge in [0.15, 0.2) is 0 Å². The third-order valence-electron chi connectivity index (χ3n) is 2.20. The van der Waals surface area contributed by atoms with Crippen molar-refractivity contribution in [3.63, 3.8) is 0 Å². The maximum Gasteiger partial charge on any atom is 0.416 e. The number of rotatable bonds is 3. The van der Waals surface area contributed by atoms with Crippen molar-refractivity contribution in [1.29, 1.82) is 0 Å². The van der Waals surface area contributed by atoms with Gasteiger partial charge < -0.3 is 11.1 Å². The Morgan fingerprint density at radius 2 is 2.07 bits per heavy atom. The summed E-state index contributed by atoms with van der Waals surface area (Å²) in [6.45, 7) is 0.262. The zero-order valence-corrected chi connectivity index (χ0v) is 8.31. The van der Waals surface area contributed by atoms with Crippen molar-refractivity contribution in [2.75, 3.05) is 13.6 Å². The summed E-state index contributed by atoms with van der Waals surface area (Å²) in [5, 5.41) is 2.85. The molecule has 0 amide bonds. The second kappa shape index (κ2) is 4.63. The average Bonchev–Trinajstić information content (AvgIpc) is 2.19. The van der Waals surface area contributed by atoms with Crippen LogP contribution in [0.2, 0.25) is 0 Å². The van der Waals surface area contributed by atoms with Crippen LogP contribution in [0, 0.1) is 0 Å². The Morgan fingerprint density at radius 1 is 1.40 bits per heavy atom. The van der Waals surface area contributed by atoms with Gasteiger partial charge in [-0.1, -0.05) is 12.1 Å². The van der Waals surface area contributed by atoms with Crippen molar-refractivity contribution in [2.45, 2.75) is 12.2 Å². The molecule has 1 aromatic carbocycles. The molecule has 0 bridgehead atoms. The molecule has 0 aliphatic heterocycles. The summed E-state index contributed by atoms with van der Waals surface area (Å²) in [4.78, 5) is 0. The van der Waals surface area contributed by atoms with E-state index in [1.807, 2.05) is 0 Å². The summed E-state index contributed by atoms with van der Waals surface area (Å²) >= 11 is 0. The van der Waals surface area contributed by atoms with Crippen LogP contribution < -0.4 is 11.1 Å². The number of hydrogen-bond acceptors (Lipinski definition) is 2. The van der Waals surface area contributed by atoms with Crippen LogP contribution in [0.4, 0.5) is 13.2 Å². The van der Waals surface area contributed by atoms with Gasteiger partial charge in [0.2, 0.25) is 0 Å². The van der Waals surface area contributed by atoms with E-state index in [-0.39, 0.29) is 12.6 Å². The van der Waals surface area contributed by atoms with Crippen LogP contribution in [0.5, 0.6) is 0 Å². The smallest absolute Gasteiger partial charge is 0.329 e. The van der Waals surface area contributed by atoms with Crippen LogP contribution in [-0.2, 0) is 6.18 Å². The molecule has 0 aliphatic carbocycles. The minimum absolute atomic E-state index is 0.243.